The van der Waals surface area contributed by atoms with E-state index in [2.05, 4.69) is 15.3 Å². The van der Waals surface area contributed by atoms with Crippen molar-refractivity contribution in [3.05, 3.63) is 35.1 Å². The molecule has 2 rings (SSSR count). The average molecular weight is 297 g/mol. The molecular weight excluding hydrogens is 283 g/mol. The number of anilines is 2. The van der Waals surface area contributed by atoms with Gasteiger partial charge >= 0.3 is 0 Å². The molecule has 106 valence electrons. The van der Waals surface area contributed by atoms with Gasteiger partial charge < -0.3 is 15.8 Å². The van der Waals surface area contributed by atoms with Crippen LogP contribution in [0.3, 0.4) is 0 Å². The highest BCUT2D eigenvalue weighted by atomic mass is 35.5. The number of aromatic nitrogens is 2. The highest BCUT2D eigenvalue weighted by Crippen LogP contribution is 2.28. The van der Waals surface area contributed by atoms with Gasteiger partial charge in [0, 0.05) is 12.6 Å². The van der Waals surface area contributed by atoms with Crippen molar-refractivity contribution in [1.82, 2.24) is 9.97 Å². The van der Waals surface area contributed by atoms with E-state index in [1.54, 1.807) is 12.1 Å². The summed E-state index contributed by atoms with van der Waals surface area (Å²) < 4.78 is 19.1. The number of benzene rings is 1. The van der Waals surface area contributed by atoms with Crippen molar-refractivity contribution in [2.75, 3.05) is 17.6 Å². The Morgan fingerprint density at radius 2 is 2.20 bits per heavy atom. The number of halogens is 2. The minimum absolute atomic E-state index is 0.0166. The molecular formula is C13H14ClFN4O. The van der Waals surface area contributed by atoms with Gasteiger partial charge in [-0.25, -0.2) is 4.39 Å². The minimum atomic E-state index is -0.644. The third kappa shape index (κ3) is 3.48. The van der Waals surface area contributed by atoms with Gasteiger partial charge in [0.05, 0.1) is 5.02 Å². The second-order valence-corrected chi connectivity index (χ2v) is 4.44. The maximum absolute atomic E-state index is 13.7. The topological polar surface area (TPSA) is 73.1 Å². The summed E-state index contributed by atoms with van der Waals surface area (Å²) in [6.45, 7) is 2.76. The molecule has 3 N–H and O–H groups in total. The van der Waals surface area contributed by atoms with E-state index in [1.807, 2.05) is 6.92 Å². The summed E-state index contributed by atoms with van der Waals surface area (Å²) in [5.74, 6) is 0.0593. The van der Waals surface area contributed by atoms with E-state index in [0.717, 1.165) is 13.0 Å². The van der Waals surface area contributed by atoms with Crippen LogP contribution < -0.4 is 15.8 Å². The van der Waals surface area contributed by atoms with Gasteiger partial charge in [0.15, 0.2) is 11.6 Å². The predicted octanol–water partition coefficient (Wildman–Crippen LogP) is 3.47. The van der Waals surface area contributed by atoms with Crippen LogP contribution in [0.25, 0.3) is 0 Å². The summed E-state index contributed by atoms with van der Waals surface area (Å²) in [5, 5.41) is 3.04. The van der Waals surface area contributed by atoms with Crippen LogP contribution in [0.5, 0.6) is 11.6 Å². The molecule has 1 aromatic carbocycles. The molecule has 0 saturated carbocycles. The van der Waals surface area contributed by atoms with E-state index in [9.17, 15) is 4.39 Å². The molecule has 0 saturated heterocycles. The first kappa shape index (κ1) is 14.3. The van der Waals surface area contributed by atoms with Gasteiger partial charge in [-0.2, -0.15) is 9.97 Å². The van der Waals surface area contributed by atoms with Crippen molar-refractivity contribution in [1.29, 1.82) is 0 Å². The largest absolute Gasteiger partial charge is 0.436 e. The third-order valence-electron chi connectivity index (χ3n) is 2.41. The first-order valence-electron chi connectivity index (χ1n) is 6.10. The first-order valence-corrected chi connectivity index (χ1v) is 6.48. The number of ether oxygens (including phenoxy) is 1. The van der Waals surface area contributed by atoms with Crippen molar-refractivity contribution < 1.29 is 9.13 Å². The van der Waals surface area contributed by atoms with Crippen molar-refractivity contribution in [3.8, 4) is 11.6 Å². The Balaban J connectivity index is 2.24. The molecule has 0 unspecified atom stereocenters. The van der Waals surface area contributed by atoms with Gasteiger partial charge in [0.1, 0.15) is 5.82 Å². The zero-order chi connectivity index (χ0) is 14.5. The molecule has 0 bridgehead atoms. The number of hydrogen-bond acceptors (Lipinski definition) is 5. The van der Waals surface area contributed by atoms with Crippen molar-refractivity contribution in [2.45, 2.75) is 13.3 Å². The summed E-state index contributed by atoms with van der Waals surface area (Å²) in [6.07, 6.45) is 0.934. The zero-order valence-corrected chi connectivity index (χ0v) is 11.6. The summed E-state index contributed by atoms with van der Waals surface area (Å²) in [5.41, 5.74) is 5.59. The Morgan fingerprint density at radius 3 is 2.95 bits per heavy atom. The Hall–Kier alpha value is -2.08. The molecule has 0 aliphatic heterocycles. The molecule has 0 atom stereocenters. The number of hydrogen-bond donors (Lipinski definition) is 2. The zero-order valence-electron chi connectivity index (χ0n) is 10.9. The van der Waals surface area contributed by atoms with Crippen LogP contribution in [-0.2, 0) is 0 Å². The number of nitrogen functional groups attached to an aromatic ring is 1. The van der Waals surface area contributed by atoms with Gasteiger partial charge in [0.2, 0.25) is 11.8 Å². The second kappa shape index (κ2) is 6.38. The summed E-state index contributed by atoms with van der Waals surface area (Å²) >= 11 is 5.69. The fourth-order valence-electron chi connectivity index (χ4n) is 1.51. The molecule has 0 amide bonds. The highest BCUT2D eigenvalue weighted by Gasteiger charge is 2.10. The molecule has 0 aliphatic rings. The number of rotatable bonds is 5. The van der Waals surface area contributed by atoms with Gasteiger partial charge in [-0.1, -0.05) is 24.6 Å². The first-order chi connectivity index (χ1) is 9.60. The SMILES string of the molecule is CCCNc1cc(Oc2cccc(Cl)c2F)nc(N)n1. The average Bonchev–Trinajstić information content (AvgIpc) is 2.41. The van der Waals surface area contributed by atoms with Crippen LogP contribution in [0.4, 0.5) is 16.2 Å². The van der Waals surface area contributed by atoms with Gasteiger partial charge in [0.25, 0.3) is 0 Å². The Labute approximate surface area is 120 Å². The molecule has 0 radical (unpaired) electrons. The van der Waals surface area contributed by atoms with Crippen molar-refractivity contribution >= 4 is 23.4 Å². The fraction of sp³-hybridized carbons (Fsp3) is 0.231. The molecule has 2 aromatic rings. The normalized spacial score (nSPS) is 10.3. The Bertz CT molecular complexity index is 609. The highest BCUT2D eigenvalue weighted by molar-refractivity contribution is 6.30. The third-order valence-corrected chi connectivity index (χ3v) is 2.70. The Kier molecular flexibility index (Phi) is 4.57. The van der Waals surface area contributed by atoms with Crippen LogP contribution in [0.2, 0.25) is 5.02 Å². The van der Waals surface area contributed by atoms with E-state index in [1.165, 1.54) is 12.1 Å². The lowest BCUT2D eigenvalue weighted by Gasteiger charge is -2.09. The van der Waals surface area contributed by atoms with Crippen LogP contribution in [0.15, 0.2) is 24.3 Å². The molecule has 0 spiro atoms. The van der Waals surface area contributed by atoms with Crippen LogP contribution >= 0.6 is 11.6 Å². The van der Waals surface area contributed by atoms with Crippen molar-refractivity contribution in [2.24, 2.45) is 0 Å². The van der Waals surface area contributed by atoms with E-state index in [0.29, 0.717) is 5.82 Å². The second-order valence-electron chi connectivity index (χ2n) is 4.03. The number of nitrogens with one attached hydrogen (secondary N) is 1. The molecule has 0 fully saturated rings. The maximum Gasteiger partial charge on any atom is 0.226 e. The van der Waals surface area contributed by atoms with E-state index >= 15 is 0 Å². The van der Waals surface area contributed by atoms with E-state index in [-0.39, 0.29) is 22.6 Å². The molecule has 20 heavy (non-hydrogen) atoms. The van der Waals surface area contributed by atoms with Crippen molar-refractivity contribution in [3.63, 3.8) is 0 Å². The predicted molar refractivity (Wildman–Crippen MR) is 76.7 cm³/mol. The quantitative estimate of drug-likeness (QED) is 0.884. The number of nitrogens with two attached hydrogens (primary N) is 1. The molecule has 1 heterocycles. The lowest BCUT2D eigenvalue weighted by molar-refractivity contribution is 0.427. The standard InChI is InChI=1S/C13H14ClFN4O/c1-2-6-17-10-7-11(19-13(16)18-10)20-9-5-3-4-8(14)12(9)15/h3-5,7H,2,6H2,1H3,(H3,16,17,18,19). The summed E-state index contributed by atoms with van der Waals surface area (Å²) in [4.78, 5) is 7.91. The van der Waals surface area contributed by atoms with Gasteiger partial charge in [-0.05, 0) is 18.6 Å². The van der Waals surface area contributed by atoms with E-state index in [4.69, 9.17) is 22.1 Å². The lowest BCUT2D eigenvalue weighted by Crippen LogP contribution is -2.05. The lowest BCUT2D eigenvalue weighted by atomic mass is 10.3. The monoisotopic (exact) mass is 296 g/mol. The molecule has 5 nitrogen and oxygen atoms in total. The van der Waals surface area contributed by atoms with Crippen LogP contribution in [0, 0.1) is 5.82 Å². The molecule has 1 aromatic heterocycles. The smallest absolute Gasteiger partial charge is 0.226 e. The van der Waals surface area contributed by atoms with Gasteiger partial charge in [-0.15, -0.1) is 0 Å². The fourth-order valence-corrected chi connectivity index (χ4v) is 1.68. The summed E-state index contributed by atoms with van der Waals surface area (Å²) in [7, 11) is 0. The maximum atomic E-state index is 13.7. The summed E-state index contributed by atoms with van der Waals surface area (Å²) in [6, 6.07) is 6.03. The molecule has 0 aliphatic carbocycles. The van der Waals surface area contributed by atoms with Crippen LogP contribution in [-0.4, -0.2) is 16.5 Å². The Morgan fingerprint density at radius 1 is 1.40 bits per heavy atom. The number of nitrogens with zero attached hydrogens (tertiary/aromatic N) is 2. The minimum Gasteiger partial charge on any atom is -0.436 e. The van der Waals surface area contributed by atoms with E-state index < -0.39 is 5.82 Å². The van der Waals surface area contributed by atoms with Crippen LogP contribution in [0.1, 0.15) is 13.3 Å². The molecule has 7 heteroatoms. The van der Waals surface area contributed by atoms with Gasteiger partial charge in [-0.3, -0.25) is 0 Å².